The molecule has 0 saturated carbocycles. The van der Waals surface area contributed by atoms with Gasteiger partial charge in [0.15, 0.2) is 17.4 Å². The predicted octanol–water partition coefficient (Wildman–Crippen LogP) is 3.83. The molecule has 0 aliphatic heterocycles. The zero-order chi connectivity index (χ0) is 11.8. The lowest BCUT2D eigenvalue weighted by atomic mass is 10.2. The highest BCUT2D eigenvalue weighted by atomic mass is 32.1. The third-order valence-corrected chi connectivity index (χ3v) is 2.53. The molecule has 0 saturated heterocycles. The molecule has 0 unspecified atom stereocenters. The summed E-state index contributed by atoms with van der Waals surface area (Å²) in [6.45, 7) is 0.352. The summed E-state index contributed by atoms with van der Waals surface area (Å²) in [6.07, 6.45) is 3.95. The van der Waals surface area contributed by atoms with Crippen LogP contribution in [0.25, 0.3) is 0 Å². The first-order valence-corrected chi connectivity index (χ1v) is 6.06. The van der Waals surface area contributed by atoms with Gasteiger partial charge in [0.05, 0.1) is 6.61 Å². The Balaban J connectivity index is 2.26. The maximum absolute atomic E-state index is 13.1. The molecule has 0 fully saturated rings. The molecule has 0 aliphatic carbocycles. The van der Waals surface area contributed by atoms with Gasteiger partial charge in [-0.15, -0.1) is 0 Å². The van der Waals surface area contributed by atoms with Crippen LogP contribution in [0.1, 0.15) is 25.7 Å². The highest BCUT2D eigenvalue weighted by molar-refractivity contribution is 7.80. The Morgan fingerprint density at radius 2 is 1.62 bits per heavy atom. The fourth-order valence-electron chi connectivity index (χ4n) is 1.36. The summed E-state index contributed by atoms with van der Waals surface area (Å²) in [7, 11) is 0. The van der Waals surface area contributed by atoms with Gasteiger partial charge in [-0.3, -0.25) is 0 Å². The van der Waals surface area contributed by atoms with Crippen LogP contribution >= 0.6 is 12.6 Å². The van der Waals surface area contributed by atoms with E-state index in [1.807, 2.05) is 0 Å². The van der Waals surface area contributed by atoms with Crippen LogP contribution in [0.3, 0.4) is 0 Å². The molecule has 4 heteroatoms. The first-order valence-electron chi connectivity index (χ1n) is 5.43. The van der Waals surface area contributed by atoms with Gasteiger partial charge in [-0.1, -0.05) is 18.9 Å². The lowest BCUT2D eigenvalue weighted by Gasteiger charge is -2.07. The van der Waals surface area contributed by atoms with E-state index in [9.17, 15) is 8.78 Å². The molecule has 90 valence electrons. The van der Waals surface area contributed by atoms with Crippen molar-refractivity contribution >= 4 is 12.6 Å². The summed E-state index contributed by atoms with van der Waals surface area (Å²) in [5, 5.41) is 0. The molecule has 0 aromatic heterocycles. The molecule has 0 amide bonds. The summed E-state index contributed by atoms with van der Waals surface area (Å²) < 4.78 is 31.3. The standard InChI is InChI=1S/C12H16F2OS/c13-10-6-5-7-11(14)12(10)15-8-3-1-2-4-9-16/h5-7,16H,1-4,8-9H2. The Morgan fingerprint density at radius 3 is 2.25 bits per heavy atom. The van der Waals surface area contributed by atoms with Crippen LogP contribution in [0.2, 0.25) is 0 Å². The number of unbranched alkanes of at least 4 members (excludes halogenated alkanes) is 3. The van der Waals surface area contributed by atoms with Crippen molar-refractivity contribution in [2.24, 2.45) is 0 Å². The number of halogens is 2. The minimum Gasteiger partial charge on any atom is -0.488 e. The van der Waals surface area contributed by atoms with E-state index in [0.29, 0.717) is 6.61 Å². The van der Waals surface area contributed by atoms with E-state index in [-0.39, 0.29) is 5.75 Å². The third-order valence-electron chi connectivity index (χ3n) is 2.22. The van der Waals surface area contributed by atoms with Crippen LogP contribution < -0.4 is 4.74 Å². The molecular weight excluding hydrogens is 230 g/mol. The van der Waals surface area contributed by atoms with Gasteiger partial charge in [-0.05, 0) is 30.7 Å². The molecule has 0 N–H and O–H groups in total. The van der Waals surface area contributed by atoms with Crippen molar-refractivity contribution in [3.63, 3.8) is 0 Å². The van der Waals surface area contributed by atoms with E-state index in [4.69, 9.17) is 4.74 Å². The Kier molecular flexibility index (Phi) is 6.23. The Hall–Kier alpha value is -0.770. The van der Waals surface area contributed by atoms with Crippen molar-refractivity contribution in [3.8, 4) is 5.75 Å². The van der Waals surface area contributed by atoms with Gasteiger partial charge in [-0.25, -0.2) is 8.78 Å². The highest BCUT2D eigenvalue weighted by Crippen LogP contribution is 2.21. The van der Waals surface area contributed by atoms with Gasteiger partial charge in [0.1, 0.15) is 0 Å². The zero-order valence-corrected chi connectivity index (χ0v) is 9.98. The normalized spacial score (nSPS) is 10.4. The molecule has 0 atom stereocenters. The summed E-state index contributed by atoms with van der Waals surface area (Å²) in [4.78, 5) is 0. The van der Waals surface area contributed by atoms with E-state index < -0.39 is 11.6 Å². The summed E-state index contributed by atoms with van der Waals surface area (Å²) in [6, 6.07) is 3.71. The molecule has 1 aromatic carbocycles. The number of ether oxygens (including phenoxy) is 1. The maximum Gasteiger partial charge on any atom is 0.190 e. The summed E-state index contributed by atoms with van der Waals surface area (Å²) in [5.41, 5.74) is 0. The average molecular weight is 246 g/mol. The lowest BCUT2D eigenvalue weighted by Crippen LogP contribution is -2.01. The van der Waals surface area contributed by atoms with Gasteiger partial charge < -0.3 is 4.74 Å². The average Bonchev–Trinajstić information content (AvgIpc) is 2.26. The van der Waals surface area contributed by atoms with E-state index in [1.165, 1.54) is 18.2 Å². The Bertz CT molecular complexity index is 298. The van der Waals surface area contributed by atoms with Gasteiger partial charge in [-0.2, -0.15) is 12.6 Å². The van der Waals surface area contributed by atoms with Crippen molar-refractivity contribution in [3.05, 3.63) is 29.8 Å². The van der Waals surface area contributed by atoms with Crippen molar-refractivity contribution in [2.45, 2.75) is 25.7 Å². The van der Waals surface area contributed by atoms with Crippen LogP contribution in [0.4, 0.5) is 8.78 Å². The predicted molar refractivity (Wildman–Crippen MR) is 64.2 cm³/mol. The van der Waals surface area contributed by atoms with Crippen LogP contribution in [0.5, 0.6) is 5.75 Å². The second kappa shape index (κ2) is 7.49. The molecule has 16 heavy (non-hydrogen) atoms. The van der Waals surface area contributed by atoms with E-state index in [2.05, 4.69) is 12.6 Å². The number of para-hydroxylation sites is 1. The van der Waals surface area contributed by atoms with E-state index in [0.717, 1.165) is 31.4 Å². The second-order valence-corrected chi connectivity index (χ2v) is 3.98. The number of hydrogen-bond donors (Lipinski definition) is 1. The zero-order valence-electron chi connectivity index (χ0n) is 9.09. The third kappa shape index (κ3) is 4.39. The van der Waals surface area contributed by atoms with Gasteiger partial charge >= 0.3 is 0 Å². The topological polar surface area (TPSA) is 9.23 Å². The molecule has 0 radical (unpaired) electrons. The Morgan fingerprint density at radius 1 is 1.00 bits per heavy atom. The smallest absolute Gasteiger partial charge is 0.190 e. The molecule has 1 aromatic rings. The minimum atomic E-state index is -0.643. The van der Waals surface area contributed by atoms with Crippen molar-refractivity contribution in [2.75, 3.05) is 12.4 Å². The fourth-order valence-corrected chi connectivity index (χ4v) is 1.59. The second-order valence-electron chi connectivity index (χ2n) is 3.54. The molecule has 0 aliphatic rings. The Labute approximate surface area is 100 Å². The van der Waals surface area contributed by atoms with Gasteiger partial charge in [0.2, 0.25) is 0 Å². The maximum atomic E-state index is 13.1. The SMILES string of the molecule is Fc1cccc(F)c1OCCCCCCS. The van der Waals surface area contributed by atoms with Crippen LogP contribution in [0.15, 0.2) is 18.2 Å². The number of benzene rings is 1. The van der Waals surface area contributed by atoms with Crippen LogP contribution in [-0.4, -0.2) is 12.4 Å². The molecule has 1 rings (SSSR count). The molecule has 1 nitrogen and oxygen atoms in total. The molecule has 0 spiro atoms. The number of rotatable bonds is 7. The quantitative estimate of drug-likeness (QED) is 0.568. The monoisotopic (exact) mass is 246 g/mol. The summed E-state index contributed by atoms with van der Waals surface area (Å²) >= 11 is 4.10. The largest absolute Gasteiger partial charge is 0.488 e. The fraction of sp³-hybridized carbons (Fsp3) is 0.500. The number of hydrogen-bond acceptors (Lipinski definition) is 2. The first-order chi connectivity index (χ1) is 7.75. The molecule has 0 heterocycles. The van der Waals surface area contributed by atoms with Crippen LogP contribution in [0, 0.1) is 11.6 Å². The summed E-state index contributed by atoms with van der Waals surface area (Å²) in [5.74, 6) is -0.676. The van der Waals surface area contributed by atoms with E-state index >= 15 is 0 Å². The van der Waals surface area contributed by atoms with Crippen molar-refractivity contribution in [1.82, 2.24) is 0 Å². The van der Waals surface area contributed by atoms with Gasteiger partial charge in [0, 0.05) is 0 Å². The lowest BCUT2D eigenvalue weighted by molar-refractivity contribution is 0.275. The van der Waals surface area contributed by atoms with E-state index in [1.54, 1.807) is 0 Å². The molecular formula is C12H16F2OS. The molecule has 0 bridgehead atoms. The highest BCUT2D eigenvalue weighted by Gasteiger charge is 2.08. The first kappa shape index (κ1) is 13.3. The van der Waals surface area contributed by atoms with Crippen molar-refractivity contribution in [1.29, 1.82) is 0 Å². The van der Waals surface area contributed by atoms with Crippen LogP contribution in [-0.2, 0) is 0 Å². The number of thiol groups is 1. The minimum absolute atomic E-state index is 0.267. The van der Waals surface area contributed by atoms with Crippen molar-refractivity contribution < 1.29 is 13.5 Å². The van der Waals surface area contributed by atoms with Gasteiger partial charge in [0.25, 0.3) is 0 Å².